The van der Waals surface area contributed by atoms with Gasteiger partial charge >= 0.3 is 0 Å². The van der Waals surface area contributed by atoms with Crippen molar-refractivity contribution < 1.29 is 8.42 Å². The fraction of sp³-hybridized carbons (Fsp3) is 0.833. The van der Waals surface area contributed by atoms with E-state index < -0.39 is 15.3 Å². The first-order valence-electron chi connectivity index (χ1n) is 3.52. The third-order valence-corrected chi connectivity index (χ3v) is 3.73. The monoisotopic (exact) mass is 210 g/mol. The van der Waals surface area contributed by atoms with Crippen molar-refractivity contribution in [3.63, 3.8) is 0 Å². The van der Waals surface area contributed by atoms with Gasteiger partial charge in [-0.3, -0.25) is 0 Å². The fourth-order valence-electron chi connectivity index (χ4n) is 0.669. The Morgan fingerprint density at radius 3 is 2.25 bits per heavy atom. The van der Waals surface area contributed by atoms with Crippen LogP contribution in [0.25, 0.3) is 0 Å². The van der Waals surface area contributed by atoms with Gasteiger partial charge in [-0.05, 0) is 13.8 Å². The molecule has 0 aromatic rings. The summed E-state index contributed by atoms with van der Waals surface area (Å²) < 4.78 is 23.9. The van der Waals surface area contributed by atoms with Crippen molar-refractivity contribution in [2.24, 2.45) is 5.73 Å². The van der Waals surface area contributed by atoms with E-state index in [-0.39, 0.29) is 11.5 Å². The van der Waals surface area contributed by atoms with Crippen LogP contribution in [-0.2, 0) is 10.0 Å². The van der Waals surface area contributed by atoms with E-state index >= 15 is 0 Å². The summed E-state index contributed by atoms with van der Waals surface area (Å²) >= 11 is 4.60. The van der Waals surface area contributed by atoms with Crippen LogP contribution in [0.4, 0.5) is 0 Å². The van der Waals surface area contributed by atoms with E-state index in [4.69, 9.17) is 5.73 Å². The third-order valence-electron chi connectivity index (χ3n) is 1.41. The largest absolute Gasteiger partial charge is 0.392 e. The van der Waals surface area contributed by atoms with Crippen LogP contribution in [0, 0.1) is 0 Å². The lowest BCUT2D eigenvalue weighted by Gasteiger charge is -2.18. The Bertz CT molecular complexity index is 259. The van der Waals surface area contributed by atoms with Gasteiger partial charge in [-0.15, -0.1) is 0 Å². The number of hydrogen-bond donors (Lipinski definition) is 1. The highest BCUT2D eigenvalue weighted by molar-refractivity contribution is 7.89. The first-order valence-corrected chi connectivity index (χ1v) is 5.43. The van der Waals surface area contributed by atoms with E-state index in [1.807, 2.05) is 0 Å². The molecule has 12 heavy (non-hydrogen) atoms. The van der Waals surface area contributed by atoms with Crippen molar-refractivity contribution in [3.8, 4) is 0 Å². The average Bonchev–Trinajstić information content (AvgIpc) is 1.85. The molecule has 0 heterocycles. The van der Waals surface area contributed by atoms with Crippen LogP contribution in [0.2, 0.25) is 0 Å². The lowest BCUT2D eigenvalue weighted by molar-refractivity contribution is 0.497. The fourth-order valence-corrected chi connectivity index (χ4v) is 1.98. The molecule has 0 amide bonds. The van der Waals surface area contributed by atoms with Crippen LogP contribution in [0.15, 0.2) is 0 Å². The summed E-state index contributed by atoms with van der Waals surface area (Å²) in [6.07, 6.45) is 0. The summed E-state index contributed by atoms with van der Waals surface area (Å²) in [7, 11) is -1.74. The number of likely N-dealkylation sites (N-methyl/N-ethyl adjacent to an activating group) is 1. The molecule has 0 bridgehead atoms. The van der Waals surface area contributed by atoms with Gasteiger partial charge < -0.3 is 5.73 Å². The lowest BCUT2D eigenvalue weighted by atomic mass is 10.6. The summed E-state index contributed by atoms with van der Waals surface area (Å²) in [6.45, 7) is 3.34. The zero-order valence-corrected chi connectivity index (χ0v) is 9.08. The summed E-state index contributed by atoms with van der Waals surface area (Å²) in [4.78, 5) is 0.182. The second-order valence-electron chi connectivity index (χ2n) is 2.82. The molecule has 0 spiro atoms. The highest BCUT2D eigenvalue weighted by Gasteiger charge is 2.21. The van der Waals surface area contributed by atoms with Crippen LogP contribution in [0.1, 0.15) is 13.8 Å². The van der Waals surface area contributed by atoms with Crippen LogP contribution in [0.3, 0.4) is 0 Å². The second kappa shape index (κ2) is 4.15. The maximum atomic E-state index is 11.4. The minimum atomic E-state index is -3.21. The Balaban J connectivity index is 4.48. The van der Waals surface area contributed by atoms with Crippen molar-refractivity contribution in [2.75, 3.05) is 13.6 Å². The maximum Gasteiger partial charge on any atom is 0.216 e. The Kier molecular flexibility index (Phi) is 4.09. The highest BCUT2D eigenvalue weighted by Crippen LogP contribution is 2.04. The average molecular weight is 210 g/mol. The summed E-state index contributed by atoms with van der Waals surface area (Å²) in [5.74, 6) is 0. The molecule has 2 N–H and O–H groups in total. The van der Waals surface area contributed by atoms with Crippen LogP contribution in [0.5, 0.6) is 0 Å². The van der Waals surface area contributed by atoms with Gasteiger partial charge in [0.15, 0.2) is 0 Å². The van der Waals surface area contributed by atoms with Crippen LogP contribution < -0.4 is 5.73 Å². The van der Waals surface area contributed by atoms with Gasteiger partial charge in [0.05, 0.1) is 16.8 Å². The standard InChI is InChI=1S/C6H14N2O2S2/c1-5(2)12(9,10)8(3)4-6(7)11/h5H,4H2,1-3H3,(H2,7,11). The first kappa shape index (κ1) is 11.8. The Labute approximate surface area is 78.8 Å². The predicted octanol–water partition coefficient (Wildman–Crippen LogP) is -0.0575. The lowest BCUT2D eigenvalue weighted by Crippen LogP contribution is -2.38. The molecular weight excluding hydrogens is 196 g/mol. The quantitative estimate of drug-likeness (QED) is 0.660. The zero-order valence-electron chi connectivity index (χ0n) is 7.44. The molecule has 0 unspecified atom stereocenters. The highest BCUT2D eigenvalue weighted by atomic mass is 32.2. The van der Waals surface area contributed by atoms with Crippen molar-refractivity contribution in [2.45, 2.75) is 19.1 Å². The topological polar surface area (TPSA) is 63.4 Å². The Hall–Kier alpha value is -0.200. The minimum absolute atomic E-state index is 0.107. The van der Waals surface area contributed by atoms with Crippen LogP contribution >= 0.6 is 12.2 Å². The molecular formula is C6H14N2O2S2. The van der Waals surface area contributed by atoms with Gasteiger partial charge in [0.2, 0.25) is 10.0 Å². The number of thiocarbonyl (C=S) groups is 1. The molecule has 0 aromatic carbocycles. The van der Waals surface area contributed by atoms with Gasteiger partial charge in [0.25, 0.3) is 0 Å². The summed E-state index contributed by atoms with van der Waals surface area (Å²) in [5.41, 5.74) is 5.22. The molecule has 0 aliphatic carbocycles. The Morgan fingerprint density at radius 1 is 1.58 bits per heavy atom. The molecule has 0 saturated carbocycles. The molecule has 0 aromatic heterocycles. The Morgan fingerprint density at radius 2 is 2.00 bits per heavy atom. The smallest absolute Gasteiger partial charge is 0.216 e. The molecule has 72 valence electrons. The van der Waals surface area contributed by atoms with Gasteiger partial charge in [0, 0.05) is 7.05 Å². The molecule has 0 radical (unpaired) electrons. The second-order valence-corrected chi connectivity index (χ2v) is 5.94. The van der Waals surface area contributed by atoms with Crippen molar-refractivity contribution in [1.82, 2.24) is 4.31 Å². The van der Waals surface area contributed by atoms with E-state index in [9.17, 15) is 8.42 Å². The number of nitrogens with zero attached hydrogens (tertiary/aromatic N) is 1. The zero-order chi connectivity index (χ0) is 9.94. The number of nitrogens with two attached hydrogens (primary N) is 1. The molecule has 0 rings (SSSR count). The van der Waals surface area contributed by atoms with E-state index in [0.29, 0.717) is 0 Å². The molecule has 4 nitrogen and oxygen atoms in total. The van der Waals surface area contributed by atoms with Crippen LogP contribution in [-0.4, -0.2) is 36.6 Å². The maximum absolute atomic E-state index is 11.4. The van der Waals surface area contributed by atoms with E-state index in [1.54, 1.807) is 13.8 Å². The molecule has 0 aliphatic heterocycles. The number of hydrogen-bond acceptors (Lipinski definition) is 3. The van der Waals surface area contributed by atoms with E-state index in [0.717, 1.165) is 0 Å². The first-order chi connectivity index (χ1) is 5.28. The van der Waals surface area contributed by atoms with E-state index in [2.05, 4.69) is 12.2 Å². The number of sulfonamides is 1. The molecule has 0 fully saturated rings. The molecule has 0 aliphatic rings. The predicted molar refractivity (Wildman–Crippen MR) is 53.5 cm³/mol. The van der Waals surface area contributed by atoms with Crippen molar-refractivity contribution in [1.29, 1.82) is 0 Å². The minimum Gasteiger partial charge on any atom is -0.392 e. The summed E-state index contributed by atoms with van der Waals surface area (Å²) in [6, 6.07) is 0. The molecule has 6 heteroatoms. The van der Waals surface area contributed by atoms with Crippen molar-refractivity contribution in [3.05, 3.63) is 0 Å². The van der Waals surface area contributed by atoms with Gasteiger partial charge in [-0.25, -0.2) is 8.42 Å². The normalized spacial score (nSPS) is 12.4. The van der Waals surface area contributed by atoms with Crippen molar-refractivity contribution >= 4 is 27.2 Å². The van der Waals surface area contributed by atoms with Gasteiger partial charge in [-0.1, -0.05) is 12.2 Å². The summed E-state index contributed by atoms with van der Waals surface area (Å²) in [5, 5.41) is -0.433. The SMILES string of the molecule is CC(C)S(=O)(=O)N(C)CC(N)=S. The number of rotatable bonds is 4. The van der Waals surface area contributed by atoms with Gasteiger partial charge in [0.1, 0.15) is 0 Å². The third kappa shape index (κ3) is 3.04. The van der Waals surface area contributed by atoms with E-state index in [1.165, 1.54) is 11.4 Å². The molecule has 0 saturated heterocycles. The van der Waals surface area contributed by atoms with Gasteiger partial charge in [-0.2, -0.15) is 4.31 Å². The molecule has 0 atom stereocenters.